The van der Waals surface area contributed by atoms with Crippen molar-refractivity contribution in [2.24, 2.45) is 0 Å². The van der Waals surface area contributed by atoms with E-state index in [-0.39, 0.29) is 29.2 Å². The van der Waals surface area contributed by atoms with Gasteiger partial charge in [0.1, 0.15) is 0 Å². The Morgan fingerprint density at radius 2 is 2.05 bits per heavy atom. The summed E-state index contributed by atoms with van der Waals surface area (Å²) in [4.78, 5) is 16.0. The van der Waals surface area contributed by atoms with Crippen molar-refractivity contribution in [3.05, 3.63) is 30.1 Å². The molecule has 21 heavy (non-hydrogen) atoms. The molecule has 0 unspecified atom stereocenters. The number of likely N-dealkylation sites (N-methyl/N-ethyl adjacent to an activating group) is 1. The Bertz CT molecular complexity index is 742. The lowest BCUT2D eigenvalue weighted by molar-refractivity contribution is 0.0951. The average molecular weight is 333 g/mol. The van der Waals surface area contributed by atoms with Crippen LogP contribution in [-0.2, 0) is 9.84 Å². The monoisotopic (exact) mass is 332 g/mol. The van der Waals surface area contributed by atoms with Crippen molar-refractivity contribution in [3.63, 3.8) is 0 Å². The second-order valence-electron chi connectivity index (χ2n) is 4.33. The maximum absolute atomic E-state index is 12.1. The lowest BCUT2D eigenvalue weighted by atomic mass is 10.3. The van der Waals surface area contributed by atoms with Crippen molar-refractivity contribution in [1.29, 1.82) is 0 Å². The molecule has 116 valence electrons. The third-order valence-electron chi connectivity index (χ3n) is 2.72. The van der Waals surface area contributed by atoms with Gasteiger partial charge in [-0.1, -0.05) is 6.07 Å². The number of carbonyl (C=O) groups excluding carboxylic acids is 1. The number of sulfone groups is 1. The number of carbonyl (C=O) groups is 1. The SMILES string of the molecule is CNCCNC(=O)c1nc(S(C)(=O)=O)n2ccccc12.Cl. The molecule has 9 heteroatoms. The number of halogens is 1. The van der Waals surface area contributed by atoms with Gasteiger partial charge in [-0.05, 0) is 19.2 Å². The number of fused-ring (bicyclic) bond motifs is 1. The molecule has 0 fully saturated rings. The number of nitrogens with one attached hydrogen (secondary N) is 2. The van der Waals surface area contributed by atoms with Gasteiger partial charge in [-0.15, -0.1) is 12.4 Å². The van der Waals surface area contributed by atoms with Gasteiger partial charge in [-0.2, -0.15) is 0 Å². The predicted molar refractivity (Wildman–Crippen MR) is 81.8 cm³/mol. The Kier molecular flexibility index (Phi) is 5.70. The summed E-state index contributed by atoms with van der Waals surface area (Å²) in [6.07, 6.45) is 2.64. The van der Waals surface area contributed by atoms with E-state index in [1.54, 1.807) is 31.4 Å². The van der Waals surface area contributed by atoms with E-state index in [0.717, 1.165) is 6.26 Å². The van der Waals surface area contributed by atoms with Crippen LogP contribution in [0, 0.1) is 0 Å². The second kappa shape index (κ2) is 6.88. The van der Waals surface area contributed by atoms with E-state index in [0.29, 0.717) is 18.6 Å². The molecule has 0 aromatic carbocycles. The van der Waals surface area contributed by atoms with Crippen molar-refractivity contribution >= 4 is 33.7 Å². The van der Waals surface area contributed by atoms with Crippen LogP contribution < -0.4 is 10.6 Å². The van der Waals surface area contributed by atoms with Crippen LogP contribution in [0.1, 0.15) is 10.5 Å². The van der Waals surface area contributed by atoms with E-state index < -0.39 is 9.84 Å². The van der Waals surface area contributed by atoms with Crippen LogP contribution >= 0.6 is 12.4 Å². The molecule has 0 spiro atoms. The molecule has 0 radical (unpaired) electrons. The van der Waals surface area contributed by atoms with Crippen molar-refractivity contribution in [2.75, 3.05) is 26.4 Å². The summed E-state index contributed by atoms with van der Waals surface area (Å²) in [5, 5.41) is 5.46. The first-order chi connectivity index (χ1) is 9.45. The Morgan fingerprint density at radius 3 is 2.67 bits per heavy atom. The summed E-state index contributed by atoms with van der Waals surface area (Å²) < 4.78 is 24.8. The molecule has 0 aliphatic carbocycles. The van der Waals surface area contributed by atoms with Crippen LogP contribution in [0.2, 0.25) is 0 Å². The number of amides is 1. The summed E-state index contributed by atoms with van der Waals surface area (Å²) in [6.45, 7) is 1.06. The van der Waals surface area contributed by atoms with Gasteiger partial charge in [0.05, 0.1) is 5.52 Å². The van der Waals surface area contributed by atoms with E-state index in [1.165, 1.54) is 4.40 Å². The highest BCUT2D eigenvalue weighted by atomic mass is 35.5. The van der Waals surface area contributed by atoms with Crippen LogP contribution in [0.5, 0.6) is 0 Å². The van der Waals surface area contributed by atoms with Crippen LogP contribution in [0.3, 0.4) is 0 Å². The Morgan fingerprint density at radius 1 is 1.33 bits per heavy atom. The first kappa shape index (κ1) is 17.4. The van der Waals surface area contributed by atoms with Gasteiger partial charge in [0.2, 0.25) is 15.0 Å². The fourth-order valence-electron chi connectivity index (χ4n) is 1.82. The third-order valence-corrected chi connectivity index (χ3v) is 3.67. The Balaban J connectivity index is 0.00000220. The molecule has 1 amide bonds. The van der Waals surface area contributed by atoms with Crippen molar-refractivity contribution in [2.45, 2.75) is 5.16 Å². The summed E-state index contributed by atoms with van der Waals surface area (Å²) in [5.74, 6) is -0.390. The Labute approximate surface area is 129 Å². The van der Waals surface area contributed by atoms with Gasteiger partial charge in [-0.25, -0.2) is 13.4 Å². The van der Waals surface area contributed by atoms with Gasteiger partial charge < -0.3 is 10.6 Å². The lowest BCUT2D eigenvalue weighted by Gasteiger charge is -2.02. The molecule has 2 heterocycles. The van der Waals surface area contributed by atoms with E-state index in [4.69, 9.17) is 0 Å². The average Bonchev–Trinajstić information content (AvgIpc) is 2.78. The molecule has 0 saturated carbocycles. The van der Waals surface area contributed by atoms with E-state index >= 15 is 0 Å². The minimum Gasteiger partial charge on any atom is -0.349 e. The van der Waals surface area contributed by atoms with Crippen molar-refractivity contribution in [1.82, 2.24) is 20.0 Å². The van der Waals surface area contributed by atoms with Crippen LogP contribution in [0.25, 0.3) is 5.52 Å². The molecule has 0 bridgehead atoms. The largest absolute Gasteiger partial charge is 0.349 e. The molecule has 2 aromatic heterocycles. The molecule has 0 atom stereocenters. The molecule has 0 aliphatic rings. The standard InChI is InChI=1S/C12H16N4O3S.ClH/c1-13-6-7-14-11(17)10-9-5-3-4-8-16(9)12(15-10)20(2,18)19;/h3-5,8,13H,6-7H2,1-2H3,(H,14,17);1H. The van der Waals surface area contributed by atoms with Crippen LogP contribution in [-0.4, -0.2) is 50.1 Å². The minimum absolute atomic E-state index is 0. The number of rotatable bonds is 5. The molecule has 0 saturated heterocycles. The fourth-order valence-corrected chi connectivity index (χ4v) is 2.60. The molecule has 2 aromatic rings. The van der Waals surface area contributed by atoms with E-state index in [2.05, 4.69) is 15.6 Å². The van der Waals surface area contributed by atoms with Gasteiger partial charge >= 0.3 is 0 Å². The number of aromatic nitrogens is 2. The fraction of sp³-hybridized carbons (Fsp3) is 0.333. The molecule has 0 aliphatic heterocycles. The minimum atomic E-state index is -3.51. The number of pyridine rings is 1. The van der Waals surface area contributed by atoms with Gasteiger partial charge in [0, 0.05) is 25.5 Å². The molecule has 7 nitrogen and oxygen atoms in total. The number of imidazole rings is 1. The zero-order chi connectivity index (χ0) is 14.8. The van der Waals surface area contributed by atoms with E-state index in [9.17, 15) is 13.2 Å². The summed E-state index contributed by atoms with van der Waals surface area (Å²) >= 11 is 0. The molecular weight excluding hydrogens is 316 g/mol. The molecular formula is C12H17ClN4O3S. The smallest absolute Gasteiger partial charge is 0.272 e. The summed E-state index contributed by atoms with van der Waals surface area (Å²) in [6, 6.07) is 5.08. The first-order valence-electron chi connectivity index (χ1n) is 6.05. The zero-order valence-corrected chi connectivity index (χ0v) is 13.3. The number of nitrogens with zero attached hydrogens (tertiary/aromatic N) is 2. The highest BCUT2D eigenvalue weighted by molar-refractivity contribution is 7.90. The molecule has 2 N–H and O–H groups in total. The number of hydrogen-bond donors (Lipinski definition) is 2. The highest BCUT2D eigenvalue weighted by Gasteiger charge is 2.22. The quantitative estimate of drug-likeness (QED) is 0.758. The third kappa shape index (κ3) is 3.72. The van der Waals surface area contributed by atoms with Crippen LogP contribution in [0.4, 0.5) is 0 Å². The zero-order valence-electron chi connectivity index (χ0n) is 11.7. The second-order valence-corrected chi connectivity index (χ2v) is 6.24. The van der Waals surface area contributed by atoms with Gasteiger partial charge in [0.25, 0.3) is 5.91 Å². The lowest BCUT2D eigenvalue weighted by Crippen LogP contribution is -2.30. The van der Waals surface area contributed by atoms with Crippen molar-refractivity contribution in [3.8, 4) is 0 Å². The normalized spacial score (nSPS) is 11.1. The number of hydrogen-bond acceptors (Lipinski definition) is 5. The summed E-state index contributed by atoms with van der Waals surface area (Å²) in [5.41, 5.74) is 0.581. The maximum atomic E-state index is 12.1. The molecule has 2 rings (SSSR count). The topological polar surface area (TPSA) is 92.6 Å². The Hall–Kier alpha value is -1.64. The van der Waals surface area contributed by atoms with Gasteiger partial charge in [0.15, 0.2) is 5.69 Å². The predicted octanol–water partition coefficient (Wildman–Crippen LogP) is 0.109. The van der Waals surface area contributed by atoms with E-state index in [1.807, 2.05) is 0 Å². The maximum Gasteiger partial charge on any atom is 0.272 e. The van der Waals surface area contributed by atoms with Crippen LogP contribution in [0.15, 0.2) is 29.6 Å². The first-order valence-corrected chi connectivity index (χ1v) is 7.94. The highest BCUT2D eigenvalue weighted by Crippen LogP contribution is 2.16. The summed E-state index contributed by atoms with van der Waals surface area (Å²) in [7, 11) is -1.73. The van der Waals surface area contributed by atoms with Gasteiger partial charge in [-0.3, -0.25) is 9.20 Å². The van der Waals surface area contributed by atoms with Crippen molar-refractivity contribution < 1.29 is 13.2 Å².